The molecule has 0 radical (unpaired) electrons. The van der Waals surface area contributed by atoms with E-state index in [9.17, 15) is 9.90 Å². The molecule has 1 N–H and O–H groups in total. The Morgan fingerprint density at radius 2 is 2.14 bits per heavy atom. The minimum Gasteiger partial charge on any atom is -0.388 e. The summed E-state index contributed by atoms with van der Waals surface area (Å²) >= 11 is 0. The van der Waals surface area contributed by atoms with Gasteiger partial charge in [-0.3, -0.25) is 4.79 Å². The number of likely N-dealkylation sites (tertiary alicyclic amines) is 1. The molecule has 1 saturated heterocycles. The van der Waals surface area contributed by atoms with Crippen LogP contribution in [0.5, 0.6) is 0 Å². The Kier molecular flexibility index (Phi) is 5.12. The molecule has 0 saturated carbocycles. The number of aliphatic hydroxyl groups is 1. The quantitative estimate of drug-likeness (QED) is 0.909. The van der Waals surface area contributed by atoms with E-state index in [1.165, 1.54) is 5.56 Å². The van der Waals surface area contributed by atoms with E-state index >= 15 is 0 Å². The van der Waals surface area contributed by atoms with Gasteiger partial charge in [0.2, 0.25) is 5.91 Å². The Bertz CT molecular complexity index is 520. The van der Waals surface area contributed by atoms with Crippen molar-refractivity contribution in [2.24, 2.45) is 0 Å². The molecule has 1 aromatic carbocycles. The highest BCUT2D eigenvalue weighted by molar-refractivity contribution is 5.77. The zero-order valence-corrected chi connectivity index (χ0v) is 14.2. The van der Waals surface area contributed by atoms with Gasteiger partial charge in [0, 0.05) is 32.7 Å². The summed E-state index contributed by atoms with van der Waals surface area (Å²) in [5.74, 6) is 0.153. The SMILES string of the molecule is CN(C)c1cccc(CCC(=O)N2CCCC2C(C)(C)O)c1. The molecule has 1 atom stereocenters. The third kappa shape index (κ3) is 4.01. The van der Waals surface area contributed by atoms with Gasteiger partial charge in [0.15, 0.2) is 0 Å². The van der Waals surface area contributed by atoms with Crippen molar-refractivity contribution in [3.63, 3.8) is 0 Å². The number of amides is 1. The second-order valence-corrected chi connectivity index (χ2v) is 6.96. The van der Waals surface area contributed by atoms with Crippen LogP contribution >= 0.6 is 0 Å². The summed E-state index contributed by atoms with van der Waals surface area (Å²) in [5, 5.41) is 10.2. The number of aryl methyl sites for hydroxylation is 1. The number of hydrogen-bond acceptors (Lipinski definition) is 3. The van der Waals surface area contributed by atoms with Crippen LogP contribution < -0.4 is 4.90 Å². The van der Waals surface area contributed by atoms with Gasteiger partial charge in [-0.2, -0.15) is 0 Å². The molecule has 1 heterocycles. The van der Waals surface area contributed by atoms with Crippen LogP contribution in [0.2, 0.25) is 0 Å². The van der Waals surface area contributed by atoms with Crippen molar-refractivity contribution in [3.05, 3.63) is 29.8 Å². The van der Waals surface area contributed by atoms with E-state index in [1.807, 2.05) is 25.1 Å². The summed E-state index contributed by atoms with van der Waals surface area (Å²) in [6.07, 6.45) is 3.13. The van der Waals surface area contributed by atoms with Crippen LogP contribution in [-0.4, -0.2) is 48.2 Å². The average molecular weight is 304 g/mol. The number of carbonyl (C=O) groups is 1. The normalized spacial score (nSPS) is 18.6. The van der Waals surface area contributed by atoms with Gasteiger partial charge in [-0.1, -0.05) is 12.1 Å². The summed E-state index contributed by atoms with van der Waals surface area (Å²) in [5.41, 5.74) is 1.51. The Balaban J connectivity index is 1.97. The van der Waals surface area contributed by atoms with Gasteiger partial charge in [-0.15, -0.1) is 0 Å². The first-order valence-corrected chi connectivity index (χ1v) is 8.07. The first-order chi connectivity index (χ1) is 10.3. The van der Waals surface area contributed by atoms with Crippen LogP contribution in [0.3, 0.4) is 0 Å². The van der Waals surface area contributed by atoms with Crippen LogP contribution in [0, 0.1) is 0 Å². The summed E-state index contributed by atoms with van der Waals surface area (Å²) in [4.78, 5) is 16.4. The fraction of sp³-hybridized carbons (Fsp3) is 0.611. The molecule has 1 unspecified atom stereocenters. The highest BCUT2D eigenvalue weighted by Gasteiger charge is 2.37. The molecule has 1 fully saturated rings. The van der Waals surface area contributed by atoms with E-state index in [0.29, 0.717) is 6.42 Å². The smallest absolute Gasteiger partial charge is 0.223 e. The molecule has 1 aliphatic rings. The minimum atomic E-state index is -0.822. The molecule has 122 valence electrons. The molecule has 1 aromatic rings. The van der Waals surface area contributed by atoms with Gasteiger partial charge in [-0.25, -0.2) is 0 Å². The number of hydrogen-bond donors (Lipinski definition) is 1. The Morgan fingerprint density at radius 1 is 1.41 bits per heavy atom. The first kappa shape index (κ1) is 16.8. The topological polar surface area (TPSA) is 43.8 Å². The molecule has 2 rings (SSSR count). The van der Waals surface area contributed by atoms with E-state index in [0.717, 1.165) is 31.5 Å². The maximum Gasteiger partial charge on any atom is 0.223 e. The van der Waals surface area contributed by atoms with Crippen LogP contribution in [0.1, 0.15) is 38.7 Å². The Labute approximate surface area is 133 Å². The summed E-state index contributed by atoms with van der Waals surface area (Å²) < 4.78 is 0. The summed E-state index contributed by atoms with van der Waals surface area (Å²) in [7, 11) is 4.03. The summed E-state index contributed by atoms with van der Waals surface area (Å²) in [6.45, 7) is 4.36. The van der Waals surface area contributed by atoms with Crippen LogP contribution in [0.15, 0.2) is 24.3 Å². The van der Waals surface area contributed by atoms with Crippen molar-refractivity contribution in [2.45, 2.75) is 51.2 Å². The fourth-order valence-electron chi connectivity index (χ4n) is 3.18. The van der Waals surface area contributed by atoms with Crippen molar-refractivity contribution in [1.82, 2.24) is 4.90 Å². The number of carbonyl (C=O) groups excluding carboxylic acids is 1. The monoisotopic (exact) mass is 304 g/mol. The second-order valence-electron chi connectivity index (χ2n) is 6.96. The van der Waals surface area contributed by atoms with Gasteiger partial charge < -0.3 is 14.9 Å². The van der Waals surface area contributed by atoms with Gasteiger partial charge in [0.05, 0.1) is 11.6 Å². The highest BCUT2D eigenvalue weighted by atomic mass is 16.3. The predicted molar refractivity (Wildman–Crippen MR) is 90.1 cm³/mol. The van der Waals surface area contributed by atoms with Gasteiger partial charge in [0.1, 0.15) is 0 Å². The highest BCUT2D eigenvalue weighted by Crippen LogP contribution is 2.27. The summed E-state index contributed by atoms with van der Waals surface area (Å²) in [6, 6.07) is 8.25. The van der Waals surface area contributed by atoms with Gasteiger partial charge in [-0.05, 0) is 50.8 Å². The third-order valence-electron chi connectivity index (χ3n) is 4.44. The molecular formula is C18H28N2O2. The van der Waals surface area contributed by atoms with Crippen molar-refractivity contribution < 1.29 is 9.90 Å². The van der Waals surface area contributed by atoms with E-state index in [1.54, 1.807) is 13.8 Å². The van der Waals surface area contributed by atoms with Gasteiger partial charge in [0.25, 0.3) is 0 Å². The third-order valence-corrected chi connectivity index (χ3v) is 4.44. The van der Waals surface area contributed by atoms with Crippen molar-refractivity contribution >= 4 is 11.6 Å². The van der Waals surface area contributed by atoms with E-state index in [-0.39, 0.29) is 11.9 Å². The molecule has 1 amide bonds. The number of anilines is 1. The van der Waals surface area contributed by atoms with Crippen LogP contribution in [0.25, 0.3) is 0 Å². The molecule has 22 heavy (non-hydrogen) atoms. The maximum atomic E-state index is 12.5. The molecule has 4 nitrogen and oxygen atoms in total. The molecule has 0 bridgehead atoms. The fourth-order valence-corrected chi connectivity index (χ4v) is 3.18. The van der Waals surface area contributed by atoms with E-state index in [2.05, 4.69) is 23.1 Å². The lowest BCUT2D eigenvalue weighted by Gasteiger charge is -2.34. The minimum absolute atomic E-state index is 0.0480. The molecule has 0 spiro atoms. The number of nitrogens with zero attached hydrogens (tertiary/aromatic N) is 2. The molecule has 0 aromatic heterocycles. The van der Waals surface area contributed by atoms with Crippen LogP contribution in [0.4, 0.5) is 5.69 Å². The number of benzene rings is 1. The molecule has 0 aliphatic carbocycles. The standard InChI is InChI=1S/C18H28N2O2/c1-18(2,22)16-9-6-12-20(16)17(21)11-10-14-7-5-8-15(13-14)19(3)4/h5,7-8,13,16,22H,6,9-12H2,1-4H3. The van der Waals surface area contributed by atoms with E-state index < -0.39 is 5.60 Å². The van der Waals surface area contributed by atoms with Crippen LogP contribution in [-0.2, 0) is 11.2 Å². The Hall–Kier alpha value is -1.55. The molecular weight excluding hydrogens is 276 g/mol. The Morgan fingerprint density at radius 3 is 2.77 bits per heavy atom. The molecule has 1 aliphatic heterocycles. The van der Waals surface area contributed by atoms with Crippen molar-refractivity contribution in [2.75, 3.05) is 25.5 Å². The van der Waals surface area contributed by atoms with Crippen molar-refractivity contribution in [1.29, 1.82) is 0 Å². The molecule has 4 heteroatoms. The van der Waals surface area contributed by atoms with Gasteiger partial charge >= 0.3 is 0 Å². The second kappa shape index (κ2) is 6.69. The van der Waals surface area contributed by atoms with Crippen molar-refractivity contribution in [3.8, 4) is 0 Å². The largest absolute Gasteiger partial charge is 0.388 e. The lowest BCUT2D eigenvalue weighted by atomic mass is 9.96. The number of rotatable bonds is 5. The predicted octanol–water partition coefficient (Wildman–Crippen LogP) is 2.45. The zero-order chi connectivity index (χ0) is 16.3. The zero-order valence-electron chi connectivity index (χ0n) is 14.2. The first-order valence-electron chi connectivity index (χ1n) is 8.07. The average Bonchev–Trinajstić information content (AvgIpc) is 2.94. The maximum absolute atomic E-state index is 12.5. The van der Waals surface area contributed by atoms with E-state index in [4.69, 9.17) is 0 Å². The lowest BCUT2D eigenvalue weighted by Crippen LogP contribution is -2.48. The lowest BCUT2D eigenvalue weighted by molar-refractivity contribution is -0.136.